The molecule has 15 heavy (non-hydrogen) atoms. The van der Waals surface area contributed by atoms with Crippen molar-refractivity contribution in [2.45, 2.75) is 6.92 Å². The van der Waals surface area contributed by atoms with Crippen LogP contribution in [0.15, 0.2) is 36.5 Å². The number of para-hydroxylation sites is 1. The second kappa shape index (κ2) is 4.23. The number of nitrogens with one attached hydrogen (secondary N) is 1. The highest BCUT2D eigenvalue weighted by Crippen LogP contribution is 2.25. The van der Waals surface area contributed by atoms with Crippen LogP contribution >= 0.6 is 11.3 Å². The zero-order chi connectivity index (χ0) is 10.7. The molecule has 0 saturated carbocycles. The standard InChI is InChI=1S/C11H10N2OS/c1-8(14)6-7-12-11-13-9-4-2-3-5-10(9)15-11/h2-7H,1H3,(H,12,13). The van der Waals surface area contributed by atoms with E-state index in [1.807, 2.05) is 24.3 Å². The van der Waals surface area contributed by atoms with E-state index in [-0.39, 0.29) is 5.78 Å². The highest BCUT2D eigenvalue weighted by Gasteiger charge is 1.99. The Hall–Kier alpha value is -1.68. The maximum Gasteiger partial charge on any atom is 0.187 e. The molecule has 2 rings (SSSR count). The van der Waals surface area contributed by atoms with Crippen molar-refractivity contribution in [2.75, 3.05) is 5.32 Å². The number of ketones is 1. The van der Waals surface area contributed by atoms with Gasteiger partial charge in [-0.15, -0.1) is 0 Å². The summed E-state index contributed by atoms with van der Waals surface area (Å²) < 4.78 is 1.14. The normalized spacial score (nSPS) is 11.0. The van der Waals surface area contributed by atoms with Crippen LogP contribution in [0.2, 0.25) is 0 Å². The highest BCUT2D eigenvalue weighted by molar-refractivity contribution is 7.22. The minimum absolute atomic E-state index is 0.0172. The molecule has 1 heterocycles. The molecule has 0 saturated heterocycles. The van der Waals surface area contributed by atoms with Gasteiger partial charge in [0.25, 0.3) is 0 Å². The molecule has 2 aromatic rings. The number of thiazole rings is 1. The molecular formula is C11H10N2OS. The van der Waals surface area contributed by atoms with Crippen LogP contribution in [0.5, 0.6) is 0 Å². The summed E-state index contributed by atoms with van der Waals surface area (Å²) in [5, 5.41) is 3.77. The number of aromatic nitrogens is 1. The third kappa shape index (κ3) is 2.41. The van der Waals surface area contributed by atoms with Crippen molar-refractivity contribution in [3.8, 4) is 0 Å². The zero-order valence-corrected chi connectivity index (χ0v) is 9.04. The fourth-order valence-corrected chi connectivity index (χ4v) is 2.01. The Morgan fingerprint density at radius 2 is 2.27 bits per heavy atom. The van der Waals surface area contributed by atoms with Gasteiger partial charge in [-0.3, -0.25) is 4.79 Å². The van der Waals surface area contributed by atoms with Gasteiger partial charge >= 0.3 is 0 Å². The fraction of sp³-hybridized carbons (Fsp3) is 0.0909. The number of hydrogen-bond acceptors (Lipinski definition) is 4. The predicted octanol–water partition coefficient (Wildman–Crippen LogP) is 2.81. The van der Waals surface area contributed by atoms with Gasteiger partial charge in [0.2, 0.25) is 0 Å². The van der Waals surface area contributed by atoms with Crippen molar-refractivity contribution in [1.82, 2.24) is 4.98 Å². The Morgan fingerprint density at radius 1 is 1.47 bits per heavy atom. The van der Waals surface area contributed by atoms with E-state index < -0.39 is 0 Å². The number of nitrogens with zero attached hydrogens (tertiary/aromatic N) is 1. The lowest BCUT2D eigenvalue weighted by Crippen LogP contribution is -1.88. The lowest BCUT2D eigenvalue weighted by Gasteiger charge is -1.89. The molecule has 0 fully saturated rings. The van der Waals surface area contributed by atoms with Gasteiger partial charge in [0, 0.05) is 6.20 Å². The van der Waals surface area contributed by atoms with Crippen LogP contribution in [0.3, 0.4) is 0 Å². The van der Waals surface area contributed by atoms with Crippen LogP contribution in [0, 0.1) is 0 Å². The van der Waals surface area contributed by atoms with E-state index in [4.69, 9.17) is 0 Å². The van der Waals surface area contributed by atoms with E-state index >= 15 is 0 Å². The molecular weight excluding hydrogens is 208 g/mol. The Balaban J connectivity index is 2.19. The number of benzene rings is 1. The van der Waals surface area contributed by atoms with Gasteiger partial charge in [0.15, 0.2) is 10.9 Å². The molecule has 0 amide bonds. The van der Waals surface area contributed by atoms with Crippen molar-refractivity contribution < 1.29 is 4.79 Å². The SMILES string of the molecule is CC(=O)C=CNc1nc2ccccc2s1. The van der Waals surface area contributed by atoms with Crippen molar-refractivity contribution >= 4 is 32.5 Å². The first-order valence-electron chi connectivity index (χ1n) is 4.55. The fourth-order valence-electron chi connectivity index (χ4n) is 1.16. The lowest BCUT2D eigenvalue weighted by molar-refractivity contribution is -0.112. The third-order valence-corrected chi connectivity index (χ3v) is 2.79. The minimum atomic E-state index is 0.0172. The Labute approximate surface area is 91.5 Å². The lowest BCUT2D eigenvalue weighted by atomic mass is 10.3. The molecule has 3 nitrogen and oxygen atoms in total. The molecule has 0 aliphatic carbocycles. The quantitative estimate of drug-likeness (QED) is 0.805. The van der Waals surface area contributed by atoms with Crippen molar-refractivity contribution in [3.63, 3.8) is 0 Å². The molecule has 1 N–H and O–H groups in total. The molecule has 1 aromatic carbocycles. The summed E-state index contributed by atoms with van der Waals surface area (Å²) in [4.78, 5) is 15.0. The predicted molar refractivity (Wildman–Crippen MR) is 63.1 cm³/mol. The maximum atomic E-state index is 10.7. The van der Waals surface area contributed by atoms with E-state index in [0.29, 0.717) is 0 Å². The number of rotatable bonds is 3. The Kier molecular flexibility index (Phi) is 2.78. The molecule has 0 radical (unpaired) electrons. The van der Waals surface area contributed by atoms with Crippen molar-refractivity contribution in [2.24, 2.45) is 0 Å². The van der Waals surface area contributed by atoms with Crippen molar-refractivity contribution in [3.05, 3.63) is 36.5 Å². The van der Waals surface area contributed by atoms with Gasteiger partial charge in [-0.2, -0.15) is 0 Å². The number of anilines is 1. The van der Waals surface area contributed by atoms with Gasteiger partial charge in [-0.1, -0.05) is 23.5 Å². The zero-order valence-electron chi connectivity index (χ0n) is 8.23. The Morgan fingerprint density at radius 3 is 3.00 bits per heavy atom. The first-order valence-corrected chi connectivity index (χ1v) is 5.36. The van der Waals surface area contributed by atoms with Crippen LogP contribution in [-0.4, -0.2) is 10.8 Å². The molecule has 0 aliphatic heterocycles. The monoisotopic (exact) mass is 218 g/mol. The number of allylic oxidation sites excluding steroid dienone is 1. The van der Waals surface area contributed by atoms with Crippen LogP contribution in [0.1, 0.15) is 6.92 Å². The van der Waals surface area contributed by atoms with Gasteiger partial charge < -0.3 is 5.32 Å². The second-order valence-corrected chi connectivity index (χ2v) is 4.11. The first kappa shape index (κ1) is 9.86. The topological polar surface area (TPSA) is 42.0 Å². The largest absolute Gasteiger partial charge is 0.338 e. The molecule has 0 aliphatic rings. The van der Waals surface area contributed by atoms with Gasteiger partial charge in [0.1, 0.15) is 0 Å². The molecule has 4 heteroatoms. The molecule has 0 spiro atoms. The molecule has 0 unspecified atom stereocenters. The maximum absolute atomic E-state index is 10.7. The minimum Gasteiger partial charge on any atom is -0.338 e. The third-order valence-electron chi connectivity index (χ3n) is 1.82. The van der Waals surface area contributed by atoms with E-state index in [0.717, 1.165) is 15.3 Å². The summed E-state index contributed by atoms with van der Waals surface area (Å²) in [7, 11) is 0. The number of carbonyl (C=O) groups excluding carboxylic acids is 1. The number of carbonyl (C=O) groups is 1. The van der Waals surface area contributed by atoms with E-state index in [2.05, 4.69) is 10.3 Å². The van der Waals surface area contributed by atoms with Crippen LogP contribution < -0.4 is 5.32 Å². The summed E-state index contributed by atoms with van der Waals surface area (Å²) >= 11 is 1.56. The summed E-state index contributed by atoms with van der Waals surface area (Å²) in [6.07, 6.45) is 3.09. The average molecular weight is 218 g/mol. The molecule has 0 atom stereocenters. The van der Waals surface area contributed by atoms with E-state index in [9.17, 15) is 4.79 Å². The summed E-state index contributed by atoms with van der Waals surface area (Å²) in [6, 6.07) is 7.92. The average Bonchev–Trinajstić information content (AvgIpc) is 2.59. The van der Waals surface area contributed by atoms with Crippen LogP contribution in [0.4, 0.5) is 5.13 Å². The summed E-state index contributed by atoms with van der Waals surface area (Å²) in [5.74, 6) is 0.0172. The van der Waals surface area contributed by atoms with Gasteiger partial charge in [-0.25, -0.2) is 4.98 Å². The Bertz CT molecular complexity index is 483. The summed E-state index contributed by atoms with van der Waals surface area (Å²) in [6.45, 7) is 1.51. The highest BCUT2D eigenvalue weighted by atomic mass is 32.1. The second-order valence-electron chi connectivity index (χ2n) is 3.08. The summed E-state index contributed by atoms with van der Waals surface area (Å²) in [5.41, 5.74) is 0.973. The molecule has 76 valence electrons. The number of hydrogen-bond donors (Lipinski definition) is 1. The van der Waals surface area contributed by atoms with E-state index in [1.165, 1.54) is 13.0 Å². The van der Waals surface area contributed by atoms with E-state index in [1.54, 1.807) is 17.5 Å². The van der Waals surface area contributed by atoms with Crippen LogP contribution in [0.25, 0.3) is 10.2 Å². The van der Waals surface area contributed by atoms with Crippen molar-refractivity contribution in [1.29, 1.82) is 0 Å². The van der Waals surface area contributed by atoms with Crippen LogP contribution in [-0.2, 0) is 4.79 Å². The smallest absolute Gasteiger partial charge is 0.187 e. The number of fused-ring (bicyclic) bond motifs is 1. The van der Waals surface area contributed by atoms with Gasteiger partial charge in [0.05, 0.1) is 10.2 Å². The van der Waals surface area contributed by atoms with Gasteiger partial charge in [-0.05, 0) is 25.1 Å². The molecule has 0 bridgehead atoms. The first-order chi connectivity index (χ1) is 7.25. The molecule has 1 aromatic heterocycles.